The molecule has 2 N–H and O–H groups in total. The summed E-state index contributed by atoms with van der Waals surface area (Å²) in [6, 6.07) is 24.9. The number of anilines is 1. The maximum absolute atomic E-state index is 13.8. The van der Waals surface area contributed by atoms with Gasteiger partial charge < -0.3 is 19.5 Å². The van der Waals surface area contributed by atoms with Crippen LogP contribution in [0.3, 0.4) is 0 Å². The summed E-state index contributed by atoms with van der Waals surface area (Å²) in [7, 11) is 0. The molecule has 1 amide bonds. The fourth-order valence-corrected chi connectivity index (χ4v) is 4.90. The lowest BCUT2D eigenvalue weighted by Gasteiger charge is -2.39. The van der Waals surface area contributed by atoms with Gasteiger partial charge in [0, 0.05) is 5.69 Å². The van der Waals surface area contributed by atoms with Gasteiger partial charge in [-0.1, -0.05) is 78.9 Å². The fraction of sp³-hybridized carbons (Fsp3) is 0.172. The predicted molar refractivity (Wildman–Crippen MR) is 134 cm³/mol. The van der Waals surface area contributed by atoms with Crippen LogP contribution < -0.4 is 5.32 Å². The summed E-state index contributed by atoms with van der Waals surface area (Å²) in [6.07, 6.45) is 0. The molecule has 0 aromatic heterocycles. The van der Waals surface area contributed by atoms with E-state index in [1.54, 1.807) is 48.5 Å². The highest BCUT2D eigenvalue weighted by Crippen LogP contribution is 2.52. The number of nitrogens with one attached hydrogen (secondary N) is 2. The highest BCUT2D eigenvalue weighted by Gasteiger charge is 2.65. The van der Waals surface area contributed by atoms with E-state index in [1.807, 2.05) is 36.4 Å². The van der Waals surface area contributed by atoms with Gasteiger partial charge in [-0.3, -0.25) is 15.0 Å². The zero-order chi connectivity index (χ0) is 26.0. The number of hydrogen-bond acceptors (Lipinski definition) is 7. The van der Waals surface area contributed by atoms with Crippen LogP contribution in [-0.2, 0) is 47.2 Å². The van der Waals surface area contributed by atoms with E-state index in [9.17, 15) is 14.4 Å². The number of para-hydroxylation sites is 1. The van der Waals surface area contributed by atoms with Gasteiger partial charge in [-0.15, -0.1) is 0 Å². The molecule has 2 aliphatic rings. The van der Waals surface area contributed by atoms with Crippen LogP contribution in [0.25, 0.3) is 0 Å². The van der Waals surface area contributed by atoms with Crippen molar-refractivity contribution in [3.63, 3.8) is 0 Å². The first-order chi connectivity index (χ1) is 17.9. The number of ether oxygens (including phenoxy) is 3. The van der Waals surface area contributed by atoms with E-state index in [-0.39, 0.29) is 24.5 Å². The van der Waals surface area contributed by atoms with E-state index in [1.165, 1.54) is 6.92 Å². The SMILES string of the molecule is CC1=C(C(=O)OCc2ccccc2)C2(C(=O)Nc3ccccc32)C(C(=O)OCc2ccccc2)C(=N)O1. The molecule has 0 radical (unpaired) electrons. The second kappa shape index (κ2) is 9.73. The second-order valence-corrected chi connectivity index (χ2v) is 8.79. The van der Waals surface area contributed by atoms with Crippen LogP contribution in [0.2, 0.25) is 0 Å². The number of amides is 1. The molecule has 2 unspecified atom stereocenters. The number of benzene rings is 3. The quantitative estimate of drug-likeness (QED) is 0.493. The van der Waals surface area contributed by atoms with Gasteiger partial charge in [0.05, 0.1) is 5.57 Å². The lowest BCUT2D eigenvalue weighted by atomic mass is 9.64. The first-order valence-corrected chi connectivity index (χ1v) is 11.7. The van der Waals surface area contributed by atoms with E-state index >= 15 is 0 Å². The van der Waals surface area contributed by atoms with Crippen LogP contribution >= 0.6 is 0 Å². The minimum absolute atomic E-state index is 0.0158. The highest BCUT2D eigenvalue weighted by molar-refractivity contribution is 6.21. The number of esters is 2. The number of hydrogen-bond donors (Lipinski definition) is 2. The lowest BCUT2D eigenvalue weighted by molar-refractivity contribution is -0.153. The molecule has 8 nitrogen and oxygen atoms in total. The van der Waals surface area contributed by atoms with Crippen molar-refractivity contribution in [2.24, 2.45) is 5.92 Å². The lowest BCUT2D eigenvalue weighted by Crippen LogP contribution is -2.55. The Morgan fingerprint density at radius 3 is 2.11 bits per heavy atom. The van der Waals surface area contributed by atoms with Gasteiger partial charge in [0.25, 0.3) is 0 Å². The molecule has 2 atom stereocenters. The summed E-state index contributed by atoms with van der Waals surface area (Å²) in [5.41, 5.74) is 0.271. The molecule has 1 spiro atoms. The Kier molecular flexibility index (Phi) is 6.31. The first-order valence-electron chi connectivity index (χ1n) is 11.7. The highest BCUT2D eigenvalue weighted by atomic mass is 16.5. The van der Waals surface area contributed by atoms with Crippen molar-refractivity contribution in [1.82, 2.24) is 0 Å². The van der Waals surface area contributed by atoms with Crippen LogP contribution in [0.15, 0.2) is 96.3 Å². The van der Waals surface area contributed by atoms with Crippen LogP contribution in [0.1, 0.15) is 23.6 Å². The Morgan fingerprint density at radius 1 is 0.892 bits per heavy atom. The zero-order valence-electron chi connectivity index (χ0n) is 20.0. The number of carbonyl (C=O) groups excluding carboxylic acids is 3. The van der Waals surface area contributed by atoms with Crippen LogP contribution in [0.4, 0.5) is 5.69 Å². The Hall–Kier alpha value is -4.72. The molecular formula is C29H24N2O6. The van der Waals surface area contributed by atoms with Gasteiger partial charge >= 0.3 is 11.9 Å². The maximum atomic E-state index is 13.8. The summed E-state index contributed by atoms with van der Waals surface area (Å²) in [6.45, 7) is 1.37. The van der Waals surface area contributed by atoms with Crippen molar-refractivity contribution >= 4 is 29.4 Å². The normalized spacial score (nSPS) is 20.2. The molecular weight excluding hydrogens is 472 g/mol. The minimum atomic E-state index is -1.89. The average molecular weight is 497 g/mol. The van der Waals surface area contributed by atoms with Crippen LogP contribution in [0, 0.1) is 11.3 Å². The average Bonchev–Trinajstić information content (AvgIpc) is 3.18. The summed E-state index contributed by atoms with van der Waals surface area (Å²) < 4.78 is 16.8. The summed E-state index contributed by atoms with van der Waals surface area (Å²) >= 11 is 0. The number of carbonyl (C=O) groups is 3. The molecule has 8 heteroatoms. The molecule has 2 heterocycles. The second-order valence-electron chi connectivity index (χ2n) is 8.79. The number of allylic oxidation sites excluding steroid dienone is 1. The zero-order valence-corrected chi connectivity index (χ0v) is 20.0. The van der Waals surface area contributed by atoms with Crippen molar-refractivity contribution in [2.75, 3.05) is 5.32 Å². The monoisotopic (exact) mass is 496 g/mol. The minimum Gasteiger partial charge on any atom is -0.460 e. The van der Waals surface area contributed by atoms with Crippen LogP contribution in [0.5, 0.6) is 0 Å². The van der Waals surface area contributed by atoms with Crippen molar-refractivity contribution in [1.29, 1.82) is 5.41 Å². The molecule has 0 saturated carbocycles. The molecule has 0 bridgehead atoms. The topological polar surface area (TPSA) is 115 Å². The summed E-state index contributed by atoms with van der Waals surface area (Å²) in [4.78, 5) is 40.9. The molecule has 0 fully saturated rings. The van der Waals surface area contributed by atoms with Gasteiger partial charge in [0.15, 0.2) is 5.92 Å². The van der Waals surface area contributed by atoms with Gasteiger partial charge in [-0.2, -0.15) is 0 Å². The molecule has 0 saturated heterocycles. The van der Waals surface area contributed by atoms with Crippen molar-refractivity contribution in [3.05, 3.63) is 113 Å². The molecule has 3 aromatic carbocycles. The molecule has 3 aromatic rings. The maximum Gasteiger partial charge on any atom is 0.339 e. The molecule has 186 valence electrons. The standard InChI is InChI=1S/C29H24N2O6/c1-18-23(26(32)35-16-19-10-4-2-5-11-19)29(21-14-8-9-15-22(21)31-28(29)34)24(25(30)37-18)27(33)36-17-20-12-6-3-7-13-20/h2-15,24,30H,16-17H2,1H3,(H,31,34). The molecule has 2 aliphatic heterocycles. The third-order valence-electron chi connectivity index (χ3n) is 6.54. The smallest absolute Gasteiger partial charge is 0.339 e. The first kappa shape index (κ1) is 24.0. The van der Waals surface area contributed by atoms with Crippen molar-refractivity contribution in [3.8, 4) is 0 Å². The van der Waals surface area contributed by atoms with E-state index < -0.39 is 35.1 Å². The van der Waals surface area contributed by atoms with Gasteiger partial charge in [0.2, 0.25) is 11.8 Å². The third-order valence-corrected chi connectivity index (χ3v) is 6.54. The van der Waals surface area contributed by atoms with Crippen LogP contribution in [-0.4, -0.2) is 23.7 Å². The van der Waals surface area contributed by atoms with Crippen molar-refractivity contribution in [2.45, 2.75) is 25.6 Å². The van der Waals surface area contributed by atoms with Gasteiger partial charge in [-0.05, 0) is 29.7 Å². The van der Waals surface area contributed by atoms with E-state index in [2.05, 4.69) is 5.32 Å². The van der Waals surface area contributed by atoms with E-state index in [4.69, 9.17) is 19.6 Å². The van der Waals surface area contributed by atoms with E-state index in [0.717, 1.165) is 11.1 Å². The van der Waals surface area contributed by atoms with Gasteiger partial charge in [-0.25, -0.2) is 4.79 Å². The summed E-state index contributed by atoms with van der Waals surface area (Å²) in [5, 5.41) is 11.4. The fourth-order valence-electron chi connectivity index (χ4n) is 4.90. The molecule has 0 aliphatic carbocycles. The predicted octanol–water partition coefficient (Wildman–Crippen LogP) is 4.26. The van der Waals surface area contributed by atoms with E-state index in [0.29, 0.717) is 11.3 Å². The molecule has 5 rings (SSSR count). The number of fused-ring (bicyclic) bond motifs is 2. The molecule has 37 heavy (non-hydrogen) atoms. The Morgan fingerprint density at radius 2 is 1.46 bits per heavy atom. The Labute approximate surface area is 213 Å². The Balaban J connectivity index is 1.57. The number of rotatable bonds is 6. The summed E-state index contributed by atoms with van der Waals surface area (Å²) in [5.74, 6) is -4.32. The van der Waals surface area contributed by atoms with Crippen molar-refractivity contribution < 1.29 is 28.6 Å². The largest absolute Gasteiger partial charge is 0.460 e. The Bertz CT molecular complexity index is 1420. The third kappa shape index (κ3) is 4.16. The van der Waals surface area contributed by atoms with Gasteiger partial charge in [0.1, 0.15) is 24.4 Å².